The zero-order chi connectivity index (χ0) is 23.9. The third-order valence-electron chi connectivity index (χ3n) is 6.25. The van der Waals surface area contributed by atoms with Crippen LogP contribution in [-0.4, -0.2) is 63.9 Å². The molecule has 0 aromatic heterocycles. The van der Waals surface area contributed by atoms with Crippen molar-refractivity contribution in [1.82, 2.24) is 15.1 Å². The van der Waals surface area contributed by atoms with Crippen LogP contribution in [0.1, 0.15) is 69.3 Å². The zero-order valence-electron chi connectivity index (χ0n) is 19.6. The van der Waals surface area contributed by atoms with Crippen molar-refractivity contribution in [2.24, 2.45) is 0 Å². The van der Waals surface area contributed by atoms with Crippen molar-refractivity contribution >= 4 is 23.8 Å². The second-order valence-electron chi connectivity index (χ2n) is 10.0. The van der Waals surface area contributed by atoms with Crippen LogP contribution < -0.4 is 10.1 Å². The molecule has 3 atom stereocenters. The summed E-state index contributed by atoms with van der Waals surface area (Å²) in [5.74, 6) is -0.266. The van der Waals surface area contributed by atoms with Crippen molar-refractivity contribution in [1.29, 1.82) is 0 Å². The van der Waals surface area contributed by atoms with Crippen LogP contribution in [0.15, 0.2) is 18.2 Å². The van der Waals surface area contributed by atoms with E-state index in [9.17, 15) is 19.2 Å². The molecular formula is C24H31N3O6. The number of rotatable bonds is 3. The van der Waals surface area contributed by atoms with Gasteiger partial charge in [-0.25, -0.2) is 4.79 Å². The van der Waals surface area contributed by atoms with Gasteiger partial charge in [0.05, 0.1) is 0 Å². The van der Waals surface area contributed by atoms with E-state index in [4.69, 9.17) is 9.47 Å². The number of ether oxygens (including phenoxy) is 2. The van der Waals surface area contributed by atoms with Gasteiger partial charge < -0.3 is 19.3 Å². The molecule has 2 fully saturated rings. The molecule has 2 saturated heterocycles. The molecular weight excluding hydrogens is 426 g/mol. The minimum Gasteiger partial charge on any atom is -0.490 e. The topological polar surface area (TPSA) is 105 Å². The van der Waals surface area contributed by atoms with Gasteiger partial charge in [-0.3, -0.25) is 19.7 Å². The van der Waals surface area contributed by atoms with E-state index < -0.39 is 17.6 Å². The number of carbonyl (C=O) groups excluding carboxylic acids is 4. The van der Waals surface area contributed by atoms with Crippen LogP contribution in [0.3, 0.4) is 0 Å². The number of piperidine rings is 2. The molecule has 9 heteroatoms. The number of nitrogens with one attached hydrogen (secondary N) is 1. The molecule has 1 aromatic rings. The zero-order valence-corrected chi connectivity index (χ0v) is 19.6. The van der Waals surface area contributed by atoms with Crippen molar-refractivity contribution in [3.63, 3.8) is 0 Å². The van der Waals surface area contributed by atoms with Gasteiger partial charge in [-0.1, -0.05) is 0 Å². The van der Waals surface area contributed by atoms with Crippen molar-refractivity contribution in [2.45, 2.75) is 83.7 Å². The minimum atomic E-state index is -0.634. The summed E-state index contributed by atoms with van der Waals surface area (Å²) >= 11 is 0. The molecule has 3 aliphatic heterocycles. The Morgan fingerprint density at radius 1 is 1.15 bits per heavy atom. The highest BCUT2D eigenvalue weighted by atomic mass is 16.6. The summed E-state index contributed by atoms with van der Waals surface area (Å²) in [5, 5.41) is 2.31. The number of likely N-dealkylation sites (tertiary alicyclic amines) is 1. The van der Waals surface area contributed by atoms with Crippen LogP contribution in [0, 0.1) is 0 Å². The lowest BCUT2D eigenvalue weighted by molar-refractivity contribution is -0.136. The van der Waals surface area contributed by atoms with E-state index >= 15 is 0 Å². The lowest BCUT2D eigenvalue weighted by atomic mass is 10.0. The van der Waals surface area contributed by atoms with Gasteiger partial charge in [-0.15, -0.1) is 0 Å². The summed E-state index contributed by atoms with van der Waals surface area (Å²) < 4.78 is 11.7. The summed E-state index contributed by atoms with van der Waals surface area (Å²) in [6.45, 7) is 8.40. The van der Waals surface area contributed by atoms with Gasteiger partial charge in [0.25, 0.3) is 5.91 Å². The molecule has 4 amide bonds. The van der Waals surface area contributed by atoms with E-state index in [0.717, 1.165) is 5.56 Å². The normalized spacial score (nSPS) is 25.6. The molecule has 0 saturated carbocycles. The van der Waals surface area contributed by atoms with Gasteiger partial charge in [0.15, 0.2) is 0 Å². The number of carbonyl (C=O) groups is 4. The average molecular weight is 458 g/mol. The highest BCUT2D eigenvalue weighted by Gasteiger charge is 2.39. The van der Waals surface area contributed by atoms with Crippen molar-refractivity contribution < 1.29 is 28.7 Å². The molecule has 3 aliphatic rings. The maximum atomic E-state index is 12.8. The maximum Gasteiger partial charge on any atom is 0.410 e. The summed E-state index contributed by atoms with van der Waals surface area (Å²) in [7, 11) is 0. The van der Waals surface area contributed by atoms with Gasteiger partial charge in [-0.05, 0) is 57.9 Å². The Labute approximate surface area is 193 Å². The molecule has 1 unspecified atom stereocenters. The van der Waals surface area contributed by atoms with E-state index in [-0.39, 0.29) is 36.5 Å². The van der Waals surface area contributed by atoms with Gasteiger partial charge in [0.1, 0.15) is 23.5 Å². The van der Waals surface area contributed by atoms with Crippen molar-refractivity contribution in [2.75, 3.05) is 6.54 Å². The molecule has 0 aliphatic carbocycles. The van der Waals surface area contributed by atoms with Crippen LogP contribution in [0.25, 0.3) is 0 Å². The Bertz CT molecular complexity index is 985. The predicted octanol–water partition coefficient (Wildman–Crippen LogP) is 2.61. The van der Waals surface area contributed by atoms with E-state index in [0.29, 0.717) is 43.7 Å². The van der Waals surface area contributed by atoms with Gasteiger partial charge in [0, 0.05) is 44.0 Å². The molecule has 3 heterocycles. The number of imide groups is 1. The Balaban J connectivity index is 1.38. The number of fused-ring (bicyclic) bond motifs is 1. The lowest BCUT2D eigenvalue weighted by Gasteiger charge is -2.38. The van der Waals surface area contributed by atoms with Gasteiger partial charge in [0.2, 0.25) is 11.8 Å². The lowest BCUT2D eigenvalue weighted by Crippen LogP contribution is -2.52. The molecule has 1 N–H and O–H groups in total. The molecule has 0 radical (unpaired) electrons. The molecule has 1 aromatic carbocycles. The smallest absolute Gasteiger partial charge is 0.410 e. The monoisotopic (exact) mass is 457 g/mol. The Morgan fingerprint density at radius 2 is 1.91 bits per heavy atom. The Hall–Kier alpha value is -3.10. The Kier molecular flexibility index (Phi) is 6.07. The molecule has 4 rings (SSSR count). The van der Waals surface area contributed by atoms with Crippen LogP contribution in [0.2, 0.25) is 0 Å². The third kappa shape index (κ3) is 4.96. The SMILES string of the molecule is C[C@H]1C[C@@H](Oc2ccc3c(c2)CN(C2CCC(=O)NC2=O)C3=O)CCN1C(=O)OC(C)(C)C. The number of hydrogen-bond donors (Lipinski definition) is 1. The number of benzene rings is 1. The first kappa shape index (κ1) is 23.1. The average Bonchev–Trinajstić information content (AvgIpc) is 3.02. The number of hydrogen-bond acceptors (Lipinski definition) is 6. The van der Waals surface area contributed by atoms with E-state index in [1.165, 1.54) is 4.90 Å². The molecule has 33 heavy (non-hydrogen) atoms. The fourth-order valence-electron chi connectivity index (χ4n) is 4.64. The second kappa shape index (κ2) is 8.68. The standard InChI is InChI=1S/C24H31N3O6/c1-14-11-17(9-10-26(14)23(31)33-24(2,3)4)32-16-5-6-18-15(12-16)13-27(22(18)30)19-7-8-20(28)25-21(19)29/h5-6,12,14,17,19H,7-11,13H2,1-4H3,(H,25,28,29)/t14-,17-,19?/m0/s1. The van der Waals surface area contributed by atoms with Crippen molar-refractivity contribution in [3.8, 4) is 5.75 Å². The summed E-state index contributed by atoms with van der Waals surface area (Å²) in [4.78, 5) is 52.2. The quantitative estimate of drug-likeness (QED) is 0.700. The van der Waals surface area contributed by atoms with E-state index in [1.807, 2.05) is 33.8 Å². The fourth-order valence-corrected chi connectivity index (χ4v) is 4.64. The third-order valence-corrected chi connectivity index (χ3v) is 6.25. The Morgan fingerprint density at radius 3 is 2.58 bits per heavy atom. The first-order chi connectivity index (χ1) is 15.5. The summed E-state index contributed by atoms with van der Waals surface area (Å²) in [5.41, 5.74) is 0.829. The van der Waals surface area contributed by atoms with Crippen LogP contribution in [0.5, 0.6) is 5.75 Å². The van der Waals surface area contributed by atoms with Crippen LogP contribution in [-0.2, 0) is 20.9 Å². The van der Waals surface area contributed by atoms with Crippen molar-refractivity contribution in [3.05, 3.63) is 29.3 Å². The van der Waals surface area contributed by atoms with E-state index in [2.05, 4.69) is 5.32 Å². The predicted molar refractivity (Wildman–Crippen MR) is 119 cm³/mol. The first-order valence-corrected chi connectivity index (χ1v) is 11.5. The summed E-state index contributed by atoms with van der Waals surface area (Å²) in [6.07, 6.45) is 1.56. The first-order valence-electron chi connectivity index (χ1n) is 11.5. The summed E-state index contributed by atoms with van der Waals surface area (Å²) in [6, 6.07) is 4.71. The van der Waals surface area contributed by atoms with Gasteiger partial charge >= 0.3 is 6.09 Å². The second-order valence-corrected chi connectivity index (χ2v) is 10.0. The maximum absolute atomic E-state index is 12.8. The number of amides is 4. The van der Waals surface area contributed by atoms with Gasteiger partial charge in [-0.2, -0.15) is 0 Å². The molecule has 178 valence electrons. The highest BCUT2D eigenvalue weighted by Crippen LogP contribution is 2.31. The molecule has 0 bridgehead atoms. The van der Waals surface area contributed by atoms with E-state index in [1.54, 1.807) is 17.0 Å². The minimum absolute atomic E-state index is 0.0161. The number of nitrogens with zero attached hydrogens (tertiary/aromatic N) is 2. The fraction of sp³-hybridized carbons (Fsp3) is 0.583. The largest absolute Gasteiger partial charge is 0.490 e. The molecule has 9 nitrogen and oxygen atoms in total. The van der Waals surface area contributed by atoms with Crippen LogP contribution >= 0.6 is 0 Å². The van der Waals surface area contributed by atoms with Crippen LogP contribution in [0.4, 0.5) is 4.79 Å². The highest BCUT2D eigenvalue weighted by molar-refractivity contribution is 6.05. The molecule has 0 spiro atoms.